The topological polar surface area (TPSA) is 61.8 Å². The van der Waals surface area contributed by atoms with Gasteiger partial charge in [0.25, 0.3) is 0 Å². The van der Waals surface area contributed by atoms with Crippen molar-refractivity contribution in [3.63, 3.8) is 0 Å². The smallest absolute Gasteiger partial charge is 0.171 e. The summed E-state index contributed by atoms with van der Waals surface area (Å²) in [6.07, 6.45) is 0. The Morgan fingerprint density at radius 2 is 1.90 bits per heavy atom. The molecule has 0 aliphatic rings. The molecule has 0 saturated heterocycles. The summed E-state index contributed by atoms with van der Waals surface area (Å²) in [4.78, 5) is 2.05. The van der Waals surface area contributed by atoms with Gasteiger partial charge in [-0.05, 0) is 43.7 Å². The molecule has 0 fully saturated rings. The highest BCUT2D eigenvalue weighted by atomic mass is 35.5. The Balaban J connectivity index is 2.40. The van der Waals surface area contributed by atoms with Gasteiger partial charge in [0, 0.05) is 24.0 Å². The van der Waals surface area contributed by atoms with Crippen molar-refractivity contribution in [1.82, 2.24) is 0 Å². The summed E-state index contributed by atoms with van der Waals surface area (Å²) < 4.78 is 0. The van der Waals surface area contributed by atoms with E-state index >= 15 is 0 Å². The van der Waals surface area contributed by atoms with Crippen LogP contribution in [-0.2, 0) is 0 Å². The van der Waals surface area contributed by atoms with Gasteiger partial charge in [-0.25, -0.2) is 0 Å². The summed E-state index contributed by atoms with van der Waals surface area (Å²) in [6, 6.07) is 11.7. The van der Waals surface area contributed by atoms with Crippen LogP contribution in [0.4, 0.5) is 11.4 Å². The van der Waals surface area contributed by atoms with Crippen LogP contribution in [0.5, 0.6) is 0 Å². The lowest BCUT2D eigenvalue weighted by atomic mass is 10.1. The summed E-state index contributed by atoms with van der Waals surface area (Å²) in [6.45, 7) is 4.14. The third-order valence-corrected chi connectivity index (χ3v) is 3.75. The summed E-state index contributed by atoms with van der Waals surface area (Å²) in [5, 5.41) is 12.1. The van der Waals surface area contributed by atoms with Gasteiger partial charge >= 0.3 is 0 Å². The Hall–Kier alpha value is -2.20. The number of aryl methyl sites for hydroxylation is 2. The van der Waals surface area contributed by atoms with Crippen LogP contribution in [-0.4, -0.2) is 18.1 Å². The second-order valence-corrected chi connectivity index (χ2v) is 5.41. The number of anilines is 2. The minimum atomic E-state index is 0.000666. The monoisotopic (exact) mass is 303 g/mol. The Morgan fingerprint density at radius 1 is 1.19 bits per heavy atom. The number of nitrogens with zero attached hydrogens (tertiary/aromatic N) is 2. The predicted octanol–water partition coefficient (Wildman–Crippen LogP) is 3.82. The first-order chi connectivity index (χ1) is 9.93. The van der Waals surface area contributed by atoms with Crippen LogP contribution in [0, 0.1) is 13.8 Å². The van der Waals surface area contributed by atoms with Crippen molar-refractivity contribution in [2.45, 2.75) is 13.8 Å². The molecule has 0 aliphatic carbocycles. The fraction of sp³-hybridized carbons (Fsp3) is 0.188. The van der Waals surface area contributed by atoms with E-state index in [1.165, 1.54) is 11.1 Å². The maximum Gasteiger partial charge on any atom is 0.171 e. The highest BCUT2D eigenvalue weighted by Crippen LogP contribution is 2.30. The molecular weight excluding hydrogens is 286 g/mol. The molecule has 0 radical (unpaired) electrons. The predicted molar refractivity (Wildman–Crippen MR) is 87.9 cm³/mol. The Morgan fingerprint density at radius 3 is 2.48 bits per heavy atom. The zero-order valence-electron chi connectivity index (χ0n) is 12.3. The van der Waals surface area contributed by atoms with Gasteiger partial charge in [-0.15, -0.1) is 0 Å². The normalized spacial score (nSPS) is 11.5. The molecule has 0 saturated carbocycles. The van der Waals surface area contributed by atoms with Crippen molar-refractivity contribution in [2.75, 3.05) is 11.9 Å². The molecule has 3 N–H and O–H groups in total. The van der Waals surface area contributed by atoms with Gasteiger partial charge in [-0.3, -0.25) is 0 Å². The van der Waals surface area contributed by atoms with Gasteiger partial charge in [0.15, 0.2) is 5.84 Å². The molecule has 0 bridgehead atoms. The van der Waals surface area contributed by atoms with Crippen molar-refractivity contribution in [3.05, 3.63) is 58.1 Å². The van der Waals surface area contributed by atoms with Crippen LogP contribution >= 0.6 is 11.6 Å². The van der Waals surface area contributed by atoms with E-state index in [1.807, 2.05) is 13.1 Å². The van der Waals surface area contributed by atoms with E-state index in [2.05, 4.69) is 42.1 Å². The molecule has 0 heterocycles. The molecule has 0 aromatic heterocycles. The van der Waals surface area contributed by atoms with E-state index in [0.29, 0.717) is 10.6 Å². The standard InChI is InChI=1S/C16H18ClN3O/c1-10-4-7-15(11(2)8-10)20(3)12-5-6-13(14(17)9-12)16(18)19-21/h4-9,21H,1-3H3,(H2,18,19). The van der Waals surface area contributed by atoms with Crippen LogP contribution < -0.4 is 10.6 Å². The minimum Gasteiger partial charge on any atom is -0.409 e. The highest BCUT2D eigenvalue weighted by molar-refractivity contribution is 6.34. The summed E-state index contributed by atoms with van der Waals surface area (Å²) in [7, 11) is 1.98. The van der Waals surface area contributed by atoms with Crippen LogP contribution in [0.25, 0.3) is 0 Å². The first-order valence-corrected chi connectivity index (χ1v) is 6.90. The molecule has 2 aromatic carbocycles. The number of amidine groups is 1. The van der Waals surface area contributed by atoms with Crippen molar-refractivity contribution in [3.8, 4) is 0 Å². The number of halogens is 1. The van der Waals surface area contributed by atoms with Gasteiger partial charge in [0.05, 0.1) is 5.02 Å². The summed E-state index contributed by atoms with van der Waals surface area (Å²) in [5.74, 6) is 0.000666. The number of benzene rings is 2. The van der Waals surface area contributed by atoms with Crippen LogP contribution in [0.2, 0.25) is 5.02 Å². The molecule has 0 unspecified atom stereocenters. The van der Waals surface area contributed by atoms with Crippen molar-refractivity contribution in [2.24, 2.45) is 10.9 Å². The lowest BCUT2D eigenvalue weighted by Gasteiger charge is -2.22. The third kappa shape index (κ3) is 3.11. The zero-order valence-corrected chi connectivity index (χ0v) is 13.0. The SMILES string of the molecule is Cc1ccc(N(C)c2ccc(C(N)=NO)c(Cl)c2)c(C)c1. The summed E-state index contributed by atoms with van der Waals surface area (Å²) in [5.41, 5.74) is 10.5. The highest BCUT2D eigenvalue weighted by Gasteiger charge is 2.11. The molecule has 2 rings (SSSR count). The number of nitrogens with two attached hydrogens (primary N) is 1. The first-order valence-electron chi connectivity index (χ1n) is 6.52. The number of hydrogen-bond acceptors (Lipinski definition) is 3. The second kappa shape index (κ2) is 6.06. The molecule has 4 nitrogen and oxygen atoms in total. The molecule has 2 aromatic rings. The van der Waals surface area contributed by atoms with E-state index in [-0.39, 0.29) is 5.84 Å². The molecule has 0 amide bonds. The van der Waals surface area contributed by atoms with Crippen molar-refractivity contribution >= 4 is 28.8 Å². The van der Waals surface area contributed by atoms with Crippen molar-refractivity contribution in [1.29, 1.82) is 0 Å². The zero-order chi connectivity index (χ0) is 15.6. The van der Waals surface area contributed by atoms with E-state index in [0.717, 1.165) is 11.4 Å². The first kappa shape index (κ1) is 15.2. The van der Waals surface area contributed by atoms with Gasteiger partial charge in [0.2, 0.25) is 0 Å². The van der Waals surface area contributed by atoms with Gasteiger partial charge in [0.1, 0.15) is 0 Å². The van der Waals surface area contributed by atoms with Crippen LogP contribution in [0.1, 0.15) is 16.7 Å². The molecular formula is C16H18ClN3O. The number of hydrogen-bond donors (Lipinski definition) is 2. The van der Waals surface area contributed by atoms with Crippen molar-refractivity contribution < 1.29 is 5.21 Å². The largest absolute Gasteiger partial charge is 0.409 e. The number of rotatable bonds is 3. The van der Waals surface area contributed by atoms with E-state index in [4.69, 9.17) is 22.5 Å². The summed E-state index contributed by atoms with van der Waals surface area (Å²) >= 11 is 6.20. The fourth-order valence-corrected chi connectivity index (χ4v) is 2.57. The molecule has 0 atom stereocenters. The Labute approximate surface area is 129 Å². The molecule has 5 heteroatoms. The lowest BCUT2D eigenvalue weighted by Crippen LogP contribution is -2.15. The van der Waals surface area contributed by atoms with E-state index in [1.54, 1.807) is 12.1 Å². The quantitative estimate of drug-likeness (QED) is 0.392. The van der Waals surface area contributed by atoms with Gasteiger partial charge in [-0.1, -0.05) is 34.5 Å². The van der Waals surface area contributed by atoms with E-state index < -0.39 is 0 Å². The second-order valence-electron chi connectivity index (χ2n) is 5.00. The molecule has 0 spiro atoms. The lowest BCUT2D eigenvalue weighted by molar-refractivity contribution is 0.318. The molecule has 21 heavy (non-hydrogen) atoms. The van der Waals surface area contributed by atoms with Gasteiger partial charge in [-0.2, -0.15) is 0 Å². The fourth-order valence-electron chi connectivity index (χ4n) is 2.30. The van der Waals surface area contributed by atoms with Crippen LogP contribution in [0.3, 0.4) is 0 Å². The van der Waals surface area contributed by atoms with Gasteiger partial charge < -0.3 is 15.8 Å². The minimum absolute atomic E-state index is 0.000666. The maximum atomic E-state index is 8.73. The third-order valence-electron chi connectivity index (χ3n) is 3.44. The Bertz CT molecular complexity index is 698. The molecule has 0 aliphatic heterocycles. The van der Waals surface area contributed by atoms with E-state index in [9.17, 15) is 0 Å². The average Bonchev–Trinajstić information content (AvgIpc) is 2.45. The molecule has 110 valence electrons. The number of oxime groups is 1. The maximum absolute atomic E-state index is 8.73. The average molecular weight is 304 g/mol. The Kier molecular flexibility index (Phi) is 4.38. The van der Waals surface area contributed by atoms with Crippen LogP contribution in [0.15, 0.2) is 41.6 Å².